The van der Waals surface area contributed by atoms with E-state index in [4.69, 9.17) is 8.83 Å². The molecule has 0 amide bonds. The molecule has 7 aromatic rings. The topological polar surface area (TPSA) is 32.8 Å². The molecule has 42 heavy (non-hydrogen) atoms. The van der Waals surface area contributed by atoms with Gasteiger partial charge in [0.2, 0.25) is 0 Å². The molecule has 0 aliphatic carbocycles. The third-order valence-electron chi connectivity index (χ3n) is 10.2. The van der Waals surface area contributed by atoms with Crippen LogP contribution < -0.4 is 9.80 Å². The van der Waals surface area contributed by atoms with Gasteiger partial charge < -0.3 is 18.6 Å². The first kappa shape index (κ1) is 24.4. The Morgan fingerprint density at radius 2 is 0.929 bits per heavy atom. The predicted molar refractivity (Wildman–Crippen MR) is 177 cm³/mol. The van der Waals surface area contributed by atoms with E-state index in [9.17, 15) is 0 Å². The van der Waals surface area contributed by atoms with Crippen molar-refractivity contribution in [3.63, 3.8) is 0 Å². The summed E-state index contributed by atoms with van der Waals surface area (Å²) < 4.78 is 12.9. The van der Waals surface area contributed by atoms with Crippen molar-refractivity contribution in [2.75, 3.05) is 22.9 Å². The minimum Gasteiger partial charge on any atom is -0.456 e. The molecule has 5 aromatic carbocycles. The van der Waals surface area contributed by atoms with Gasteiger partial charge in [0, 0.05) is 64.2 Å². The Balaban J connectivity index is 1.16. The molecule has 0 radical (unpaired) electrons. The van der Waals surface area contributed by atoms with Gasteiger partial charge in [-0.25, -0.2) is 0 Å². The Morgan fingerprint density at radius 3 is 1.40 bits per heavy atom. The molecule has 2 saturated heterocycles. The van der Waals surface area contributed by atoms with Crippen LogP contribution in [0.5, 0.6) is 0 Å². The summed E-state index contributed by atoms with van der Waals surface area (Å²) in [6.45, 7) is 6.98. The standard InChI is InChI=1S/C38H36N2O2/c1-23-7-3-5-13-39(23)29-11-9-25-17-31-33-21-34-32-18-26-10-12-30(40-14-6-4-8-24(40)2)16-28(26)20-36(32)42-38(34)22-37(33)41-35(31)19-27(25)15-29/h9-12,15-24H,3-8,13-14H2,1-2H3. The molecule has 4 heterocycles. The van der Waals surface area contributed by atoms with Crippen molar-refractivity contribution in [2.45, 2.75) is 64.5 Å². The van der Waals surface area contributed by atoms with Crippen LogP contribution in [-0.4, -0.2) is 25.2 Å². The maximum absolute atomic E-state index is 6.46. The van der Waals surface area contributed by atoms with Gasteiger partial charge in [-0.2, -0.15) is 0 Å². The van der Waals surface area contributed by atoms with Crippen LogP contribution in [0.15, 0.2) is 81.6 Å². The number of benzene rings is 5. The van der Waals surface area contributed by atoms with Gasteiger partial charge in [0.25, 0.3) is 0 Å². The maximum atomic E-state index is 6.46. The minimum atomic E-state index is 0.592. The van der Waals surface area contributed by atoms with Gasteiger partial charge in [0.15, 0.2) is 0 Å². The highest BCUT2D eigenvalue weighted by molar-refractivity contribution is 6.18. The molecule has 2 atom stereocenters. The highest BCUT2D eigenvalue weighted by Crippen LogP contribution is 2.40. The van der Waals surface area contributed by atoms with Crippen molar-refractivity contribution in [3.05, 3.63) is 72.8 Å². The summed E-state index contributed by atoms with van der Waals surface area (Å²) in [6.07, 6.45) is 7.75. The Kier molecular flexibility index (Phi) is 5.33. The van der Waals surface area contributed by atoms with Crippen LogP contribution in [0.25, 0.3) is 65.4 Å². The van der Waals surface area contributed by atoms with E-state index < -0.39 is 0 Å². The number of furan rings is 2. The average Bonchev–Trinajstić information content (AvgIpc) is 3.53. The lowest BCUT2D eigenvalue weighted by molar-refractivity contribution is 0.485. The third kappa shape index (κ3) is 3.74. The van der Waals surface area contributed by atoms with E-state index >= 15 is 0 Å². The van der Waals surface area contributed by atoms with Crippen LogP contribution >= 0.6 is 0 Å². The van der Waals surface area contributed by atoms with E-state index in [1.165, 1.54) is 71.4 Å². The molecule has 2 aliphatic heterocycles. The first-order chi connectivity index (χ1) is 20.6. The Hall–Kier alpha value is -4.18. The second-order valence-corrected chi connectivity index (χ2v) is 12.9. The lowest BCUT2D eigenvalue weighted by Gasteiger charge is -2.35. The number of rotatable bonds is 2. The number of anilines is 2. The van der Waals surface area contributed by atoms with Crippen molar-refractivity contribution in [1.29, 1.82) is 0 Å². The summed E-state index contributed by atoms with van der Waals surface area (Å²) in [6, 6.07) is 28.4. The molecular weight excluding hydrogens is 516 g/mol. The summed E-state index contributed by atoms with van der Waals surface area (Å²) >= 11 is 0. The molecular formula is C38H36N2O2. The van der Waals surface area contributed by atoms with E-state index in [1.54, 1.807) is 0 Å². The summed E-state index contributed by atoms with van der Waals surface area (Å²) in [5, 5.41) is 9.58. The Labute approximate surface area is 245 Å². The quantitative estimate of drug-likeness (QED) is 0.214. The lowest BCUT2D eigenvalue weighted by atomic mass is 10.00. The molecule has 0 saturated carbocycles. The molecule has 0 bridgehead atoms. The van der Waals surface area contributed by atoms with Gasteiger partial charge in [-0.3, -0.25) is 0 Å². The first-order valence-corrected chi connectivity index (χ1v) is 15.8. The second-order valence-electron chi connectivity index (χ2n) is 12.9. The lowest BCUT2D eigenvalue weighted by Crippen LogP contribution is -2.37. The largest absolute Gasteiger partial charge is 0.456 e. The van der Waals surface area contributed by atoms with Gasteiger partial charge in [-0.1, -0.05) is 12.1 Å². The SMILES string of the molecule is CC1CCCCN1c1ccc2cc3c(cc2c1)oc1cc2oc4cc5cc(N6CCCCC6C)ccc5cc4c2cc13. The number of fused-ring (bicyclic) bond motifs is 8. The molecule has 2 fully saturated rings. The zero-order chi connectivity index (χ0) is 27.9. The molecule has 9 rings (SSSR count). The van der Waals surface area contributed by atoms with Crippen LogP contribution in [0.4, 0.5) is 11.4 Å². The first-order valence-electron chi connectivity index (χ1n) is 15.8. The molecule has 4 nitrogen and oxygen atoms in total. The fraction of sp³-hybridized carbons (Fsp3) is 0.316. The molecule has 2 aromatic heterocycles. The van der Waals surface area contributed by atoms with Crippen molar-refractivity contribution >= 4 is 76.8 Å². The number of hydrogen-bond donors (Lipinski definition) is 0. The summed E-state index contributed by atoms with van der Waals surface area (Å²) in [5.74, 6) is 0. The smallest absolute Gasteiger partial charge is 0.139 e. The van der Waals surface area contributed by atoms with Crippen molar-refractivity contribution in [1.82, 2.24) is 0 Å². The van der Waals surface area contributed by atoms with Gasteiger partial charge in [0.1, 0.15) is 22.3 Å². The number of piperidine rings is 2. The van der Waals surface area contributed by atoms with Crippen LogP contribution in [0.2, 0.25) is 0 Å². The molecule has 0 N–H and O–H groups in total. The van der Waals surface area contributed by atoms with Gasteiger partial charge in [-0.15, -0.1) is 0 Å². The zero-order valence-electron chi connectivity index (χ0n) is 24.5. The van der Waals surface area contributed by atoms with E-state index in [-0.39, 0.29) is 0 Å². The molecule has 2 aliphatic rings. The van der Waals surface area contributed by atoms with Crippen LogP contribution in [0.1, 0.15) is 52.4 Å². The Morgan fingerprint density at radius 1 is 0.476 bits per heavy atom. The second kappa shape index (κ2) is 9.16. The summed E-state index contributed by atoms with van der Waals surface area (Å²) in [4.78, 5) is 5.12. The van der Waals surface area contributed by atoms with Crippen molar-refractivity contribution in [3.8, 4) is 0 Å². The van der Waals surface area contributed by atoms with Crippen molar-refractivity contribution < 1.29 is 8.83 Å². The summed E-state index contributed by atoms with van der Waals surface area (Å²) in [7, 11) is 0. The van der Waals surface area contributed by atoms with E-state index in [0.717, 1.165) is 57.0 Å². The monoisotopic (exact) mass is 552 g/mol. The fourth-order valence-electron chi connectivity index (χ4n) is 7.83. The predicted octanol–water partition coefficient (Wildman–Crippen LogP) is 10.5. The minimum absolute atomic E-state index is 0.592. The summed E-state index contributed by atoms with van der Waals surface area (Å²) in [5.41, 5.74) is 6.26. The molecule has 2 unspecified atom stereocenters. The average molecular weight is 553 g/mol. The molecule has 0 spiro atoms. The maximum Gasteiger partial charge on any atom is 0.139 e. The Bertz CT molecular complexity index is 2020. The van der Waals surface area contributed by atoms with Crippen LogP contribution in [0, 0.1) is 0 Å². The van der Waals surface area contributed by atoms with Crippen LogP contribution in [0.3, 0.4) is 0 Å². The van der Waals surface area contributed by atoms with Gasteiger partial charge in [0.05, 0.1) is 0 Å². The highest BCUT2D eigenvalue weighted by Gasteiger charge is 2.21. The van der Waals surface area contributed by atoms with Crippen LogP contribution in [-0.2, 0) is 0 Å². The van der Waals surface area contributed by atoms with Gasteiger partial charge in [-0.05, 0) is 129 Å². The van der Waals surface area contributed by atoms with Gasteiger partial charge >= 0.3 is 0 Å². The zero-order valence-corrected chi connectivity index (χ0v) is 24.5. The van der Waals surface area contributed by atoms with E-state index in [2.05, 4.69) is 96.4 Å². The normalized spacial score (nSPS) is 20.2. The number of hydrogen-bond acceptors (Lipinski definition) is 4. The van der Waals surface area contributed by atoms with E-state index in [0.29, 0.717) is 12.1 Å². The van der Waals surface area contributed by atoms with E-state index in [1.807, 2.05) is 0 Å². The molecule has 210 valence electrons. The highest BCUT2D eigenvalue weighted by atomic mass is 16.3. The van der Waals surface area contributed by atoms with Crippen molar-refractivity contribution in [2.24, 2.45) is 0 Å². The third-order valence-corrected chi connectivity index (χ3v) is 10.2. The number of nitrogens with zero attached hydrogens (tertiary/aromatic N) is 2. The molecule has 4 heteroatoms. The fourth-order valence-corrected chi connectivity index (χ4v) is 7.83.